The summed E-state index contributed by atoms with van der Waals surface area (Å²) in [7, 11) is -1.05. The number of rotatable bonds is 3. The van der Waals surface area contributed by atoms with Crippen molar-refractivity contribution < 1.29 is 9.00 Å². The lowest BCUT2D eigenvalue weighted by molar-refractivity contribution is 0.0619. The van der Waals surface area contributed by atoms with Gasteiger partial charge >= 0.3 is 0 Å². The first-order valence-corrected chi connectivity index (χ1v) is 11.9. The Balaban J connectivity index is 1.28. The van der Waals surface area contributed by atoms with E-state index in [9.17, 15) is 9.00 Å². The zero-order chi connectivity index (χ0) is 21.2. The highest BCUT2D eigenvalue weighted by Crippen LogP contribution is 2.46. The second-order valence-electron chi connectivity index (χ2n) is 8.43. The number of hydrogen-bond acceptors (Lipinski definition) is 5. The monoisotopic (exact) mass is 434 g/mol. The molecule has 4 heterocycles. The molecule has 1 atom stereocenters. The van der Waals surface area contributed by atoms with Crippen molar-refractivity contribution in [2.45, 2.75) is 23.3 Å². The van der Waals surface area contributed by atoms with Gasteiger partial charge in [0, 0.05) is 58.7 Å². The van der Waals surface area contributed by atoms with Gasteiger partial charge in [-0.15, -0.1) is 0 Å². The summed E-state index contributed by atoms with van der Waals surface area (Å²) in [5, 5.41) is 1.92. The normalized spacial score (nSPS) is 18.7. The van der Waals surface area contributed by atoms with E-state index < -0.39 is 10.8 Å². The van der Waals surface area contributed by atoms with Crippen LogP contribution < -0.4 is 4.90 Å². The summed E-state index contributed by atoms with van der Waals surface area (Å²) in [4.78, 5) is 33.7. The van der Waals surface area contributed by atoms with Gasteiger partial charge in [-0.2, -0.15) is 0 Å². The number of benzene rings is 1. The number of carbonyl (C=O) groups is 1. The zero-order valence-electron chi connectivity index (χ0n) is 17.1. The number of aromatic amines is 2. The zero-order valence-corrected chi connectivity index (χ0v) is 17.9. The van der Waals surface area contributed by atoms with Crippen LogP contribution in [-0.4, -0.2) is 66.4 Å². The van der Waals surface area contributed by atoms with Gasteiger partial charge in [-0.25, -0.2) is 9.97 Å². The molecule has 31 heavy (non-hydrogen) atoms. The molecule has 1 aliphatic carbocycles. The van der Waals surface area contributed by atoms with Gasteiger partial charge in [0.25, 0.3) is 5.91 Å². The molecule has 6 rings (SSSR count). The third-order valence-corrected chi connectivity index (χ3v) is 7.43. The van der Waals surface area contributed by atoms with Crippen LogP contribution in [0.5, 0.6) is 0 Å². The summed E-state index contributed by atoms with van der Waals surface area (Å²) in [5.74, 6) is 0.956. The topological polar surface area (TPSA) is 98.0 Å². The summed E-state index contributed by atoms with van der Waals surface area (Å²) in [6, 6.07) is 9.51. The van der Waals surface area contributed by atoms with E-state index in [2.05, 4.69) is 24.8 Å². The van der Waals surface area contributed by atoms with Crippen molar-refractivity contribution in [1.82, 2.24) is 24.8 Å². The largest absolute Gasteiger partial charge is 0.352 e. The molecule has 1 spiro atoms. The number of carbonyl (C=O) groups excluding carboxylic acids is 1. The van der Waals surface area contributed by atoms with Crippen molar-refractivity contribution in [3.05, 3.63) is 48.5 Å². The SMILES string of the molecule is CS(=O)c1ccc2[nH]c(C(=O)N3CCN(c4ncnc5[nH]ccc45)CC34CC4)cc2c1. The van der Waals surface area contributed by atoms with E-state index in [1.165, 1.54) is 0 Å². The van der Waals surface area contributed by atoms with Crippen molar-refractivity contribution in [2.75, 3.05) is 30.8 Å². The Bertz CT molecular complexity index is 1350. The molecule has 0 bridgehead atoms. The summed E-state index contributed by atoms with van der Waals surface area (Å²) in [5.41, 5.74) is 2.16. The highest BCUT2D eigenvalue weighted by atomic mass is 32.2. The number of fused-ring (bicyclic) bond motifs is 2. The van der Waals surface area contributed by atoms with Gasteiger partial charge in [-0.3, -0.25) is 9.00 Å². The third-order valence-electron chi connectivity index (χ3n) is 6.51. The predicted molar refractivity (Wildman–Crippen MR) is 120 cm³/mol. The number of hydrogen-bond donors (Lipinski definition) is 2. The first-order valence-electron chi connectivity index (χ1n) is 10.4. The Labute approximate surface area is 181 Å². The second-order valence-corrected chi connectivity index (χ2v) is 9.81. The molecule has 2 N–H and O–H groups in total. The Morgan fingerprint density at radius 1 is 1.16 bits per heavy atom. The van der Waals surface area contributed by atoms with E-state index in [1.54, 1.807) is 12.6 Å². The number of nitrogens with zero attached hydrogens (tertiary/aromatic N) is 4. The maximum Gasteiger partial charge on any atom is 0.270 e. The van der Waals surface area contributed by atoms with E-state index >= 15 is 0 Å². The first-order chi connectivity index (χ1) is 15.0. The minimum atomic E-state index is -1.05. The van der Waals surface area contributed by atoms with Crippen LogP contribution in [0.2, 0.25) is 0 Å². The number of aromatic nitrogens is 4. The number of H-pyrrole nitrogens is 2. The number of amides is 1. The molecule has 158 valence electrons. The van der Waals surface area contributed by atoms with Gasteiger partial charge < -0.3 is 19.8 Å². The van der Waals surface area contributed by atoms with Gasteiger partial charge in [0.05, 0.1) is 10.9 Å². The van der Waals surface area contributed by atoms with Crippen LogP contribution in [0.3, 0.4) is 0 Å². The van der Waals surface area contributed by atoms with E-state index in [0.29, 0.717) is 12.2 Å². The third kappa shape index (κ3) is 2.95. The van der Waals surface area contributed by atoms with Crippen LogP contribution in [0.1, 0.15) is 23.3 Å². The van der Waals surface area contributed by atoms with Crippen molar-refractivity contribution in [2.24, 2.45) is 0 Å². The fourth-order valence-electron chi connectivity index (χ4n) is 4.71. The van der Waals surface area contributed by atoms with Crippen molar-refractivity contribution in [3.63, 3.8) is 0 Å². The van der Waals surface area contributed by atoms with Crippen molar-refractivity contribution in [3.8, 4) is 0 Å². The maximum atomic E-state index is 13.4. The number of nitrogens with one attached hydrogen (secondary N) is 2. The Hall–Kier alpha value is -3.20. The molecule has 3 aromatic heterocycles. The predicted octanol–water partition coefficient (Wildman–Crippen LogP) is 2.67. The quantitative estimate of drug-likeness (QED) is 0.517. The molecule has 8 nitrogen and oxygen atoms in total. The van der Waals surface area contributed by atoms with E-state index in [0.717, 1.165) is 58.6 Å². The maximum absolute atomic E-state index is 13.4. The van der Waals surface area contributed by atoms with Gasteiger partial charge in [-0.05, 0) is 43.2 Å². The Kier molecular flexibility index (Phi) is 3.98. The van der Waals surface area contributed by atoms with Crippen molar-refractivity contribution in [1.29, 1.82) is 0 Å². The first kappa shape index (κ1) is 18.6. The van der Waals surface area contributed by atoms with Crippen LogP contribution in [-0.2, 0) is 10.8 Å². The molecular formula is C22H22N6O2S. The lowest BCUT2D eigenvalue weighted by Gasteiger charge is -2.42. The molecule has 0 radical (unpaired) electrons. The molecule has 1 saturated carbocycles. The summed E-state index contributed by atoms with van der Waals surface area (Å²) in [6.45, 7) is 2.15. The standard InChI is InChI=1S/C22H22N6O2S/c1-31(30)15-2-3-17-14(10-15)11-18(26-17)21(29)28-9-8-27(12-22(28)5-6-22)20-16-4-7-23-19(16)24-13-25-20/h2-4,7,10-11,13,26H,5-6,8-9,12H2,1H3,(H,23,24,25). The van der Waals surface area contributed by atoms with Crippen LogP contribution in [0.4, 0.5) is 5.82 Å². The smallest absolute Gasteiger partial charge is 0.270 e. The lowest BCUT2D eigenvalue weighted by atomic mass is 10.1. The molecule has 1 aliphatic heterocycles. The van der Waals surface area contributed by atoms with Crippen LogP contribution in [0.15, 0.2) is 47.8 Å². The van der Waals surface area contributed by atoms with Gasteiger partial charge in [0.15, 0.2) is 0 Å². The Morgan fingerprint density at radius 3 is 2.84 bits per heavy atom. The Morgan fingerprint density at radius 2 is 2.03 bits per heavy atom. The van der Waals surface area contributed by atoms with Gasteiger partial charge in [0.2, 0.25) is 0 Å². The van der Waals surface area contributed by atoms with Crippen molar-refractivity contribution >= 4 is 44.5 Å². The van der Waals surface area contributed by atoms with Crippen LogP contribution in [0.25, 0.3) is 21.9 Å². The van der Waals surface area contributed by atoms with Gasteiger partial charge in [-0.1, -0.05) is 0 Å². The molecule has 4 aromatic rings. The summed E-state index contributed by atoms with van der Waals surface area (Å²) < 4.78 is 11.8. The summed E-state index contributed by atoms with van der Waals surface area (Å²) >= 11 is 0. The fourth-order valence-corrected chi connectivity index (χ4v) is 5.26. The lowest BCUT2D eigenvalue weighted by Crippen LogP contribution is -2.57. The molecule has 1 unspecified atom stereocenters. The van der Waals surface area contributed by atoms with Crippen LogP contribution >= 0.6 is 0 Å². The average Bonchev–Trinajstić information content (AvgIpc) is 3.19. The highest BCUT2D eigenvalue weighted by Gasteiger charge is 2.53. The minimum Gasteiger partial charge on any atom is -0.352 e. The molecule has 1 amide bonds. The van der Waals surface area contributed by atoms with E-state index in [1.807, 2.05) is 41.4 Å². The molecule has 9 heteroatoms. The minimum absolute atomic E-state index is 0.0296. The van der Waals surface area contributed by atoms with E-state index in [-0.39, 0.29) is 11.4 Å². The summed E-state index contributed by atoms with van der Waals surface area (Å²) in [6.07, 6.45) is 7.12. The number of piperazine rings is 1. The molecule has 2 fully saturated rings. The fraction of sp³-hybridized carbons (Fsp3) is 0.318. The van der Waals surface area contributed by atoms with Gasteiger partial charge in [0.1, 0.15) is 23.5 Å². The molecule has 1 aromatic carbocycles. The molecule has 1 saturated heterocycles. The highest BCUT2D eigenvalue weighted by molar-refractivity contribution is 7.84. The molecule has 2 aliphatic rings. The second kappa shape index (κ2) is 6.65. The van der Waals surface area contributed by atoms with Crippen LogP contribution in [0, 0.1) is 0 Å². The number of anilines is 1. The molecular weight excluding hydrogens is 412 g/mol. The van der Waals surface area contributed by atoms with E-state index in [4.69, 9.17) is 0 Å². The average molecular weight is 435 g/mol.